The van der Waals surface area contributed by atoms with E-state index in [1.165, 1.54) is 11.1 Å². The van der Waals surface area contributed by atoms with Crippen LogP contribution in [0.15, 0.2) is 12.1 Å². The molecule has 1 atom stereocenters. The Labute approximate surface area is 103 Å². The molecule has 1 aromatic rings. The van der Waals surface area contributed by atoms with Gasteiger partial charge in [-0.15, -0.1) is 0 Å². The molecule has 0 spiro atoms. The third-order valence-corrected chi connectivity index (χ3v) is 3.28. The Balaban J connectivity index is 2.47. The van der Waals surface area contributed by atoms with Gasteiger partial charge in [0.1, 0.15) is 0 Å². The van der Waals surface area contributed by atoms with Gasteiger partial charge in [0.2, 0.25) is 0 Å². The number of likely N-dealkylation sites (N-methyl/N-ethyl adjacent to an activating group) is 1. The first-order chi connectivity index (χ1) is 8.17. The molecule has 0 saturated carbocycles. The van der Waals surface area contributed by atoms with Crippen LogP contribution in [0.5, 0.6) is 11.5 Å². The summed E-state index contributed by atoms with van der Waals surface area (Å²) in [5.74, 6) is 1.60. The first-order valence-corrected chi connectivity index (χ1v) is 5.79. The molecule has 4 heteroatoms. The van der Waals surface area contributed by atoms with Gasteiger partial charge in [-0.3, -0.25) is 0 Å². The van der Waals surface area contributed by atoms with Crippen LogP contribution in [0.25, 0.3) is 0 Å². The van der Waals surface area contributed by atoms with Crippen molar-refractivity contribution in [3.8, 4) is 11.5 Å². The van der Waals surface area contributed by atoms with Gasteiger partial charge in [-0.25, -0.2) is 0 Å². The average Bonchev–Trinajstić information content (AvgIpc) is 2.35. The van der Waals surface area contributed by atoms with Crippen molar-refractivity contribution in [2.24, 2.45) is 0 Å². The van der Waals surface area contributed by atoms with Gasteiger partial charge in [-0.05, 0) is 37.4 Å². The van der Waals surface area contributed by atoms with Crippen molar-refractivity contribution in [1.29, 1.82) is 0 Å². The van der Waals surface area contributed by atoms with E-state index < -0.39 is 0 Å². The number of rotatable bonds is 3. The lowest BCUT2D eigenvalue weighted by Gasteiger charge is -2.32. The molecule has 0 amide bonds. The molecule has 1 aliphatic heterocycles. The quantitative estimate of drug-likeness (QED) is 0.860. The second kappa shape index (κ2) is 4.94. The molecular formula is C13H20N2O2. The maximum absolute atomic E-state index is 5.37. The standard InChI is InChI=1S/C13H20N2O2/c1-15(2)11-8-14-7-9-5-12(16-3)13(17-4)6-10(9)11/h5-6,11,14H,7-8H2,1-4H3/t11-/m0/s1. The van der Waals surface area contributed by atoms with Gasteiger partial charge in [0.15, 0.2) is 11.5 Å². The third-order valence-electron chi connectivity index (χ3n) is 3.28. The first-order valence-electron chi connectivity index (χ1n) is 5.79. The normalized spacial score (nSPS) is 19.0. The molecule has 1 aromatic carbocycles. The largest absolute Gasteiger partial charge is 0.493 e. The predicted molar refractivity (Wildman–Crippen MR) is 67.7 cm³/mol. The van der Waals surface area contributed by atoms with E-state index in [0.29, 0.717) is 6.04 Å². The Hall–Kier alpha value is -1.26. The van der Waals surface area contributed by atoms with Crippen LogP contribution in [0.1, 0.15) is 17.2 Å². The minimum absolute atomic E-state index is 0.388. The molecule has 0 unspecified atom stereocenters. The van der Waals surface area contributed by atoms with E-state index in [-0.39, 0.29) is 0 Å². The van der Waals surface area contributed by atoms with Gasteiger partial charge in [-0.1, -0.05) is 0 Å². The second-order valence-electron chi connectivity index (χ2n) is 4.52. The summed E-state index contributed by atoms with van der Waals surface area (Å²) in [6.45, 7) is 1.86. The summed E-state index contributed by atoms with van der Waals surface area (Å²) in [6.07, 6.45) is 0. The fourth-order valence-corrected chi connectivity index (χ4v) is 2.31. The van der Waals surface area contributed by atoms with Crippen molar-refractivity contribution >= 4 is 0 Å². The molecule has 0 saturated heterocycles. The molecule has 1 N–H and O–H groups in total. The SMILES string of the molecule is COc1cc2c(cc1OC)[C@@H](N(C)C)CNC2. The fraction of sp³-hybridized carbons (Fsp3) is 0.538. The molecule has 0 bridgehead atoms. The molecule has 1 aliphatic rings. The van der Waals surface area contributed by atoms with Crippen LogP contribution in [-0.2, 0) is 6.54 Å². The van der Waals surface area contributed by atoms with Crippen LogP contribution in [0.4, 0.5) is 0 Å². The van der Waals surface area contributed by atoms with Gasteiger partial charge in [0.25, 0.3) is 0 Å². The van der Waals surface area contributed by atoms with Crippen molar-refractivity contribution in [3.63, 3.8) is 0 Å². The Morgan fingerprint density at radius 2 is 1.82 bits per heavy atom. The predicted octanol–water partition coefficient (Wildman–Crippen LogP) is 1.41. The molecule has 94 valence electrons. The van der Waals surface area contributed by atoms with E-state index in [1.807, 2.05) is 0 Å². The first kappa shape index (κ1) is 12.2. The Bertz CT molecular complexity index is 405. The minimum Gasteiger partial charge on any atom is -0.493 e. The summed E-state index contributed by atoms with van der Waals surface area (Å²) >= 11 is 0. The summed E-state index contributed by atoms with van der Waals surface area (Å²) in [5.41, 5.74) is 2.61. The lowest BCUT2D eigenvalue weighted by atomic mass is 9.95. The van der Waals surface area contributed by atoms with Crippen molar-refractivity contribution in [1.82, 2.24) is 10.2 Å². The molecule has 0 aromatic heterocycles. The number of nitrogens with one attached hydrogen (secondary N) is 1. The Morgan fingerprint density at radius 3 is 2.41 bits per heavy atom. The summed E-state index contributed by atoms with van der Waals surface area (Å²) in [5, 5.41) is 3.42. The van der Waals surface area contributed by atoms with E-state index in [0.717, 1.165) is 24.6 Å². The number of hydrogen-bond donors (Lipinski definition) is 1. The highest BCUT2D eigenvalue weighted by molar-refractivity contribution is 5.49. The van der Waals surface area contributed by atoms with Crippen LogP contribution < -0.4 is 14.8 Å². The highest BCUT2D eigenvalue weighted by Crippen LogP contribution is 2.35. The number of ether oxygens (including phenoxy) is 2. The topological polar surface area (TPSA) is 33.7 Å². The number of hydrogen-bond acceptors (Lipinski definition) is 4. The van der Waals surface area contributed by atoms with Gasteiger partial charge >= 0.3 is 0 Å². The molecular weight excluding hydrogens is 216 g/mol. The monoisotopic (exact) mass is 236 g/mol. The smallest absolute Gasteiger partial charge is 0.161 e. The van der Waals surface area contributed by atoms with Crippen LogP contribution >= 0.6 is 0 Å². The average molecular weight is 236 g/mol. The number of methoxy groups -OCH3 is 2. The zero-order valence-electron chi connectivity index (χ0n) is 10.9. The van der Waals surface area contributed by atoms with E-state index in [9.17, 15) is 0 Å². The van der Waals surface area contributed by atoms with Crippen LogP contribution in [0.2, 0.25) is 0 Å². The van der Waals surface area contributed by atoms with Crippen LogP contribution in [0, 0.1) is 0 Å². The van der Waals surface area contributed by atoms with Gasteiger partial charge in [-0.2, -0.15) is 0 Å². The number of benzene rings is 1. The second-order valence-corrected chi connectivity index (χ2v) is 4.52. The van der Waals surface area contributed by atoms with E-state index in [4.69, 9.17) is 9.47 Å². The molecule has 1 heterocycles. The van der Waals surface area contributed by atoms with Gasteiger partial charge in [0, 0.05) is 19.1 Å². The van der Waals surface area contributed by atoms with Crippen molar-refractivity contribution < 1.29 is 9.47 Å². The molecule has 0 fully saturated rings. The van der Waals surface area contributed by atoms with E-state index in [2.05, 4.69) is 36.4 Å². The zero-order valence-corrected chi connectivity index (χ0v) is 10.9. The fourth-order valence-electron chi connectivity index (χ4n) is 2.31. The summed E-state index contributed by atoms with van der Waals surface area (Å²) in [6, 6.07) is 4.55. The van der Waals surface area contributed by atoms with E-state index in [1.54, 1.807) is 14.2 Å². The lowest BCUT2D eigenvalue weighted by Crippen LogP contribution is -2.35. The van der Waals surface area contributed by atoms with Gasteiger partial charge < -0.3 is 19.7 Å². The lowest BCUT2D eigenvalue weighted by molar-refractivity contribution is 0.273. The highest BCUT2D eigenvalue weighted by Gasteiger charge is 2.23. The molecule has 2 rings (SSSR count). The minimum atomic E-state index is 0.388. The zero-order chi connectivity index (χ0) is 12.4. The number of fused-ring (bicyclic) bond motifs is 1. The van der Waals surface area contributed by atoms with Crippen LogP contribution in [0.3, 0.4) is 0 Å². The van der Waals surface area contributed by atoms with Crippen molar-refractivity contribution in [2.75, 3.05) is 34.9 Å². The van der Waals surface area contributed by atoms with Gasteiger partial charge in [0.05, 0.1) is 14.2 Å². The van der Waals surface area contributed by atoms with E-state index >= 15 is 0 Å². The van der Waals surface area contributed by atoms with Crippen LogP contribution in [-0.4, -0.2) is 39.8 Å². The molecule has 17 heavy (non-hydrogen) atoms. The Kier molecular flexibility index (Phi) is 3.54. The van der Waals surface area contributed by atoms with Crippen molar-refractivity contribution in [2.45, 2.75) is 12.6 Å². The third kappa shape index (κ3) is 2.23. The molecule has 0 radical (unpaired) electrons. The Morgan fingerprint density at radius 1 is 1.18 bits per heavy atom. The highest BCUT2D eigenvalue weighted by atomic mass is 16.5. The maximum Gasteiger partial charge on any atom is 0.161 e. The maximum atomic E-state index is 5.37. The summed E-state index contributed by atoms with van der Waals surface area (Å²) in [7, 11) is 7.54. The van der Waals surface area contributed by atoms with Crippen molar-refractivity contribution in [3.05, 3.63) is 23.3 Å². The number of nitrogens with zero attached hydrogens (tertiary/aromatic N) is 1. The summed E-state index contributed by atoms with van der Waals surface area (Å²) < 4.78 is 10.7. The molecule has 4 nitrogen and oxygen atoms in total. The molecule has 0 aliphatic carbocycles. The summed E-state index contributed by atoms with van der Waals surface area (Å²) in [4.78, 5) is 2.22.